The highest BCUT2D eigenvalue weighted by atomic mass is 16.2. The Morgan fingerprint density at radius 1 is 1.26 bits per heavy atom. The van der Waals surface area contributed by atoms with Gasteiger partial charge in [0.15, 0.2) is 0 Å². The highest BCUT2D eigenvalue weighted by molar-refractivity contribution is 6.04. The van der Waals surface area contributed by atoms with Gasteiger partial charge in [-0.1, -0.05) is 6.07 Å². The number of rotatable bonds is 3. The second kappa shape index (κ2) is 4.85. The van der Waals surface area contributed by atoms with Gasteiger partial charge in [-0.2, -0.15) is 0 Å². The van der Waals surface area contributed by atoms with Crippen LogP contribution >= 0.6 is 0 Å². The number of nitrogens with two attached hydrogens (primary N) is 2. The summed E-state index contributed by atoms with van der Waals surface area (Å²) < 4.78 is 1.63. The summed E-state index contributed by atoms with van der Waals surface area (Å²) in [5.74, 6) is -0.847. The molecule has 1 heterocycles. The number of hydrogen-bond acceptors (Lipinski definition) is 3. The van der Waals surface area contributed by atoms with E-state index in [9.17, 15) is 9.59 Å². The molecular weight excluding hydrogens is 244 g/mol. The lowest BCUT2D eigenvalue weighted by Crippen LogP contribution is -2.16. The van der Waals surface area contributed by atoms with Crippen molar-refractivity contribution in [2.75, 3.05) is 11.1 Å². The van der Waals surface area contributed by atoms with Crippen molar-refractivity contribution >= 4 is 23.2 Å². The molecule has 6 nitrogen and oxygen atoms in total. The summed E-state index contributed by atoms with van der Waals surface area (Å²) in [6, 6.07) is 8.00. The standard InChI is InChI=1S/C13H14N4O2/c1-17-7-9(14)6-11(17)13(19)16-10-4-2-3-8(5-10)12(15)18/h2-7H,14H2,1H3,(H2,15,18)(H,16,19). The molecule has 5 N–H and O–H groups in total. The maximum absolute atomic E-state index is 12.0. The molecule has 0 radical (unpaired) electrons. The number of carbonyl (C=O) groups is 2. The number of benzene rings is 1. The molecule has 6 heteroatoms. The summed E-state index contributed by atoms with van der Waals surface area (Å²) >= 11 is 0. The quantitative estimate of drug-likeness (QED) is 0.763. The predicted octanol–water partition coefficient (Wildman–Crippen LogP) is 0.958. The summed E-state index contributed by atoms with van der Waals surface area (Å²) in [7, 11) is 1.73. The Morgan fingerprint density at radius 2 is 2.00 bits per heavy atom. The molecule has 0 bridgehead atoms. The van der Waals surface area contributed by atoms with E-state index in [0.717, 1.165) is 0 Å². The van der Waals surface area contributed by atoms with Crippen LogP contribution in [0.15, 0.2) is 36.5 Å². The first-order valence-electron chi connectivity index (χ1n) is 5.60. The molecule has 1 aromatic carbocycles. The van der Waals surface area contributed by atoms with E-state index >= 15 is 0 Å². The molecule has 2 aromatic rings. The van der Waals surface area contributed by atoms with E-state index < -0.39 is 5.91 Å². The van der Waals surface area contributed by atoms with Gasteiger partial charge in [0.2, 0.25) is 5.91 Å². The van der Waals surface area contributed by atoms with Crippen molar-refractivity contribution in [3.05, 3.63) is 47.8 Å². The summed E-state index contributed by atoms with van der Waals surface area (Å²) in [6.07, 6.45) is 1.65. The average molecular weight is 258 g/mol. The molecule has 1 aromatic heterocycles. The second-order valence-electron chi connectivity index (χ2n) is 4.17. The van der Waals surface area contributed by atoms with Gasteiger partial charge in [0, 0.05) is 24.5 Å². The molecule has 0 saturated carbocycles. The topological polar surface area (TPSA) is 103 Å². The van der Waals surface area contributed by atoms with Crippen molar-refractivity contribution in [2.24, 2.45) is 12.8 Å². The Morgan fingerprint density at radius 3 is 2.58 bits per heavy atom. The van der Waals surface area contributed by atoms with Crippen LogP contribution in [-0.4, -0.2) is 16.4 Å². The fourth-order valence-electron chi connectivity index (χ4n) is 1.76. The zero-order chi connectivity index (χ0) is 14.0. The van der Waals surface area contributed by atoms with Crippen LogP contribution in [0.3, 0.4) is 0 Å². The first-order valence-corrected chi connectivity index (χ1v) is 5.60. The highest BCUT2D eigenvalue weighted by Gasteiger charge is 2.11. The molecule has 0 saturated heterocycles. The maximum Gasteiger partial charge on any atom is 0.272 e. The predicted molar refractivity (Wildman–Crippen MR) is 72.7 cm³/mol. The van der Waals surface area contributed by atoms with Gasteiger partial charge in [-0.15, -0.1) is 0 Å². The van der Waals surface area contributed by atoms with Crippen molar-refractivity contribution in [1.29, 1.82) is 0 Å². The Bertz CT molecular complexity index is 646. The van der Waals surface area contributed by atoms with Crippen molar-refractivity contribution in [3.63, 3.8) is 0 Å². The smallest absolute Gasteiger partial charge is 0.272 e. The second-order valence-corrected chi connectivity index (χ2v) is 4.17. The molecule has 0 aliphatic rings. The number of anilines is 2. The van der Waals surface area contributed by atoms with E-state index in [1.807, 2.05) is 0 Å². The minimum absolute atomic E-state index is 0.305. The SMILES string of the molecule is Cn1cc(N)cc1C(=O)Nc1cccc(C(N)=O)c1. The number of nitrogens with zero attached hydrogens (tertiary/aromatic N) is 1. The number of amides is 2. The Kier molecular flexibility index (Phi) is 3.24. The molecule has 0 unspecified atom stereocenters. The van der Waals surface area contributed by atoms with Crippen LogP contribution in [0.5, 0.6) is 0 Å². The summed E-state index contributed by atoms with van der Waals surface area (Å²) in [5, 5.41) is 2.68. The lowest BCUT2D eigenvalue weighted by atomic mass is 10.2. The molecule has 2 rings (SSSR count). The number of nitrogens with one attached hydrogen (secondary N) is 1. The summed E-state index contributed by atoms with van der Waals surface area (Å²) in [5.41, 5.74) is 12.6. The van der Waals surface area contributed by atoms with Crippen LogP contribution < -0.4 is 16.8 Å². The molecule has 0 spiro atoms. The summed E-state index contributed by atoms with van der Waals surface area (Å²) in [6.45, 7) is 0. The fourth-order valence-corrected chi connectivity index (χ4v) is 1.76. The molecule has 2 amide bonds. The molecule has 0 aliphatic heterocycles. The lowest BCUT2D eigenvalue weighted by molar-refractivity contribution is 0.0995. The van der Waals surface area contributed by atoms with Crippen LogP contribution in [-0.2, 0) is 7.05 Å². The molecule has 98 valence electrons. The molecule has 19 heavy (non-hydrogen) atoms. The van der Waals surface area contributed by atoms with Gasteiger partial charge >= 0.3 is 0 Å². The zero-order valence-electron chi connectivity index (χ0n) is 10.4. The van der Waals surface area contributed by atoms with Gasteiger partial charge in [0.25, 0.3) is 5.91 Å². The number of carbonyl (C=O) groups excluding carboxylic acids is 2. The third kappa shape index (κ3) is 2.74. The van der Waals surface area contributed by atoms with Crippen molar-refractivity contribution in [2.45, 2.75) is 0 Å². The van der Waals surface area contributed by atoms with Crippen molar-refractivity contribution < 1.29 is 9.59 Å². The van der Waals surface area contributed by atoms with E-state index in [1.54, 1.807) is 42.1 Å². The van der Waals surface area contributed by atoms with Gasteiger partial charge in [-0.05, 0) is 24.3 Å². The van der Waals surface area contributed by atoms with E-state index in [2.05, 4.69) is 5.32 Å². The van der Waals surface area contributed by atoms with E-state index in [0.29, 0.717) is 22.6 Å². The van der Waals surface area contributed by atoms with Crippen LogP contribution in [0.1, 0.15) is 20.8 Å². The van der Waals surface area contributed by atoms with Crippen LogP contribution in [0.4, 0.5) is 11.4 Å². The monoisotopic (exact) mass is 258 g/mol. The average Bonchev–Trinajstić information content (AvgIpc) is 2.69. The van der Waals surface area contributed by atoms with E-state index in [-0.39, 0.29) is 5.91 Å². The maximum atomic E-state index is 12.0. The fraction of sp³-hybridized carbons (Fsp3) is 0.0769. The highest BCUT2D eigenvalue weighted by Crippen LogP contribution is 2.14. The Hall–Kier alpha value is -2.76. The molecule has 0 fully saturated rings. The number of hydrogen-bond donors (Lipinski definition) is 3. The van der Waals surface area contributed by atoms with Gasteiger partial charge in [0.1, 0.15) is 5.69 Å². The largest absolute Gasteiger partial charge is 0.397 e. The van der Waals surface area contributed by atoms with Gasteiger partial charge in [-0.3, -0.25) is 9.59 Å². The third-order valence-corrected chi connectivity index (χ3v) is 2.66. The van der Waals surface area contributed by atoms with Gasteiger partial charge < -0.3 is 21.4 Å². The van der Waals surface area contributed by atoms with E-state index in [1.165, 1.54) is 6.07 Å². The number of nitrogen functional groups attached to an aromatic ring is 1. The number of primary amides is 1. The van der Waals surface area contributed by atoms with Gasteiger partial charge in [-0.25, -0.2) is 0 Å². The van der Waals surface area contributed by atoms with Crippen LogP contribution in [0.2, 0.25) is 0 Å². The van der Waals surface area contributed by atoms with Crippen molar-refractivity contribution in [3.8, 4) is 0 Å². The van der Waals surface area contributed by atoms with Crippen LogP contribution in [0.25, 0.3) is 0 Å². The third-order valence-electron chi connectivity index (χ3n) is 2.66. The lowest BCUT2D eigenvalue weighted by Gasteiger charge is -2.06. The number of aromatic nitrogens is 1. The minimum Gasteiger partial charge on any atom is -0.397 e. The molecular formula is C13H14N4O2. The zero-order valence-corrected chi connectivity index (χ0v) is 10.4. The Balaban J connectivity index is 2.21. The first-order chi connectivity index (χ1) is 8.97. The van der Waals surface area contributed by atoms with Gasteiger partial charge in [0.05, 0.1) is 5.69 Å². The summed E-state index contributed by atoms with van der Waals surface area (Å²) in [4.78, 5) is 23.1. The molecule has 0 atom stereocenters. The van der Waals surface area contributed by atoms with Crippen molar-refractivity contribution in [1.82, 2.24) is 4.57 Å². The minimum atomic E-state index is -0.542. The molecule has 0 aliphatic carbocycles. The first kappa shape index (κ1) is 12.7. The number of aryl methyl sites for hydroxylation is 1. The normalized spacial score (nSPS) is 10.2. The Labute approximate surface area is 110 Å². The van der Waals surface area contributed by atoms with E-state index in [4.69, 9.17) is 11.5 Å². The van der Waals surface area contributed by atoms with Crippen LogP contribution in [0, 0.1) is 0 Å².